The van der Waals surface area contributed by atoms with Crippen LogP contribution in [0.3, 0.4) is 0 Å². The van der Waals surface area contributed by atoms with Crippen LogP contribution >= 0.6 is 11.8 Å². The van der Waals surface area contributed by atoms with Gasteiger partial charge in [0.15, 0.2) is 0 Å². The number of hydrogen-bond donors (Lipinski definition) is 6. The average Bonchev–Trinajstić information content (AvgIpc) is 4.10. The van der Waals surface area contributed by atoms with Crippen LogP contribution in [0.4, 0.5) is 4.79 Å². The Morgan fingerprint density at radius 3 is 2.13 bits per heavy atom. The van der Waals surface area contributed by atoms with Crippen LogP contribution < -0.4 is 36.8 Å². The van der Waals surface area contributed by atoms with Crippen molar-refractivity contribution in [2.75, 3.05) is 12.3 Å². The van der Waals surface area contributed by atoms with Crippen LogP contribution in [0.25, 0.3) is 50.4 Å². The molecule has 0 radical (unpaired) electrons. The summed E-state index contributed by atoms with van der Waals surface area (Å²) in [6, 6.07) is 7.95. The Labute approximate surface area is 405 Å². The predicted molar refractivity (Wildman–Crippen MR) is 261 cm³/mol. The Balaban J connectivity index is 0.00000741. The molecule has 3 aromatic heterocycles. The van der Waals surface area contributed by atoms with Crippen LogP contribution in [0.1, 0.15) is 130 Å². The fourth-order valence-corrected chi connectivity index (χ4v) is 10.6. The van der Waals surface area contributed by atoms with E-state index in [4.69, 9.17) is 19.9 Å². The number of nitrogens with one attached hydrogen (secondary N) is 5. The second kappa shape index (κ2) is 22.7. The van der Waals surface area contributed by atoms with Crippen LogP contribution in [0, 0.1) is 13.8 Å². The second-order valence-corrected chi connectivity index (χ2v) is 18.6. The van der Waals surface area contributed by atoms with Gasteiger partial charge >= 0.3 is 29.1 Å². The van der Waals surface area contributed by atoms with Crippen molar-refractivity contribution in [3.8, 4) is 0 Å². The molecule has 0 aromatic carbocycles. The number of amides is 5. The van der Waals surface area contributed by atoms with E-state index >= 15 is 0 Å². The minimum Gasteiger partial charge on any atom is -0.657 e. The molecule has 7 rings (SSSR count). The van der Waals surface area contributed by atoms with Crippen molar-refractivity contribution in [2.24, 2.45) is 0 Å². The number of carboxylic acids is 1. The van der Waals surface area contributed by atoms with E-state index in [-0.39, 0.29) is 78.6 Å². The van der Waals surface area contributed by atoms with Crippen LogP contribution in [0.15, 0.2) is 43.5 Å². The summed E-state index contributed by atoms with van der Waals surface area (Å²) in [5.74, 6) is -0.638. The molecule has 17 heteroatoms. The molecule has 15 nitrogen and oxygen atoms in total. The zero-order valence-corrected chi connectivity index (χ0v) is 40.5. The number of carboxylic acid groups (broad SMARTS) is 1. The summed E-state index contributed by atoms with van der Waals surface area (Å²) in [7, 11) is 0. The van der Waals surface area contributed by atoms with E-state index in [1.165, 1.54) is 0 Å². The number of unbranched alkanes of at least 4 members (excludes halogenated alkanes) is 3. The Morgan fingerprint density at radius 2 is 1.39 bits per heavy atom. The van der Waals surface area contributed by atoms with Crippen molar-refractivity contribution in [3.05, 3.63) is 88.5 Å². The number of fused-ring (bicyclic) bond motifs is 9. The molecule has 3 aromatic rings. The molecule has 3 unspecified atom stereocenters. The number of hydrazine groups is 1. The van der Waals surface area contributed by atoms with Crippen molar-refractivity contribution in [1.29, 1.82) is 0 Å². The predicted octanol–water partition coefficient (Wildman–Crippen LogP) is 7.22. The molecule has 2 saturated heterocycles. The Bertz CT molecular complexity index is 2700. The first-order chi connectivity index (χ1) is 31.7. The van der Waals surface area contributed by atoms with E-state index in [0.29, 0.717) is 59.0 Å². The molecule has 4 aliphatic heterocycles. The number of aryl methyl sites for hydroxylation is 3. The van der Waals surface area contributed by atoms with Gasteiger partial charge in [-0.3, -0.25) is 30.0 Å². The largest absolute Gasteiger partial charge is 2.00 e. The van der Waals surface area contributed by atoms with Crippen molar-refractivity contribution >= 4 is 91.9 Å². The first-order valence-corrected chi connectivity index (χ1v) is 23.8. The number of aliphatic carboxylic acids is 1. The molecule has 67 heavy (non-hydrogen) atoms. The number of allylic oxidation sites excluding steroid dienone is 5. The molecular weight excluding hydrogens is 911 g/mol. The van der Waals surface area contributed by atoms with Gasteiger partial charge in [0.1, 0.15) is 0 Å². The summed E-state index contributed by atoms with van der Waals surface area (Å²) < 4.78 is 0. The molecule has 5 amide bonds. The van der Waals surface area contributed by atoms with Crippen molar-refractivity contribution < 1.29 is 46.1 Å². The van der Waals surface area contributed by atoms with Gasteiger partial charge in [-0.1, -0.05) is 79.1 Å². The van der Waals surface area contributed by atoms with Crippen molar-refractivity contribution in [3.63, 3.8) is 0 Å². The minimum atomic E-state index is -0.917. The van der Waals surface area contributed by atoms with Crippen LogP contribution in [0.5, 0.6) is 0 Å². The van der Waals surface area contributed by atoms with Gasteiger partial charge in [0.2, 0.25) is 17.7 Å². The van der Waals surface area contributed by atoms with Crippen molar-refractivity contribution in [2.45, 2.75) is 122 Å². The van der Waals surface area contributed by atoms with Gasteiger partial charge in [-0.25, -0.2) is 14.8 Å². The molecule has 2 fully saturated rings. The molecule has 6 N–H and O–H groups in total. The summed E-state index contributed by atoms with van der Waals surface area (Å²) in [5.41, 5.74) is 17.4. The quantitative estimate of drug-likeness (QED) is 0.0305. The molecule has 0 saturated carbocycles. The number of urea groups is 1. The minimum absolute atomic E-state index is 0. The van der Waals surface area contributed by atoms with Gasteiger partial charge in [0, 0.05) is 48.8 Å². The monoisotopic (exact) mass is 969 g/mol. The smallest absolute Gasteiger partial charge is 0.657 e. The fraction of sp³-hybridized carbons (Fsp3) is 0.420. The van der Waals surface area contributed by atoms with E-state index in [1.54, 1.807) is 12.2 Å². The number of nitrogens with zero attached hydrogens (tertiary/aromatic N) is 4. The number of thioether (sulfide) groups is 1. The molecule has 354 valence electrons. The molecule has 4 aliphatic rings. The number of rotatable bonds is 19. The SMILES string of the molecule is C=CC1=C(C)c2cc3[n-]c(cc4nc(cc5[n-]c(cc1n2)c(C)c5C=C)C(C)=C4CCC(=O)NNC(=O)CCCCCNC(=O)CCCCC1SCC2NC(=O)NC21)c(CCC(=O)O)c3C.[Fe+2]. The molecular formula is C50H59FeN9O6S. The summed E-state index contributed by atoms with van der Waals surface area (Å²) in [5, 5.41) is 19.0. The Morgan fingerprint density at radius 1 is 0.746 bits per heavy atom. The van der Waals surface area contributed by atoms with Crippen LogP contribution in [-0.4, -0.2) is 74.4 Å². The number of aromatic nitrogens is 4. The molecule has 8 bridgehead atoms. The van der Waals surface area contributed by atoms with E-state index in [2.05, 4.69) is 40.0 Å². The third kappa shape index (κ3) is 12.0. The van der Waals surface area contributed by atoms with Gasteiger partial charge in [-0.05, 0) is 88.5 Å². The maximum absolute atomic E-state index is 13.2. The number of carbonyl (C=O) groups excluding carboxylic acids is 4. The van der Waals surface area contributed by atoms with Gasteiger partial charge < -0.3 is 31.0 Å². The first-order valence-electron chi connectivity index (χ1n) is 22.8. The van der Waals surface area contributed by atoms with E-state index in [9.17, 15) is 29.1 Å². The Kier molecular flexibility index (Phi) is 17.1. The van der Waals surface area contributed by atoms with Gasteiger partial charge in [-0.2, -0.15) is 11.8 Å². The normalized spacial score (nSPS) is 17.3. The summed E-state index contributed by atoms with van der Waals surface area (Å²) in [4.78, 5) is 81.6. The molecule has 0 spiro atoms. The molecule has 7 heterocycles. The van der Waals surface area contributed by atoms with Crippen LogP contribution in [0.2, 0.25) is 0 Å². The first kappa shape index (κ1) is 50.5. The van der Waals surface area contributed by atoms with E-state index in [1.807, 2.05) is 63.7 Å². The zero-order chi connectivity index (χ0) is 47.1. The van der Waals surface area contributed by atoms with Crippen molar-refractivity contribution in [1.82, 2.24) is 46.7 Å². The third-order valence-corrected chi connectivity index (χ3v) is 14.4. The standard InChI is InChI=1S/C50H61N9O6S.Fe/c1-7-31-27(3)35-22-36-30(6)34(18-20-48(63)64)42(54-36)25-41-33(29(5)38(55-41)24-40-32(8-2)28(4)37(53-40)23-39(31)52-35)17-19-47(62)59-58-46(61)16-10-9-13-21-51-45(60)15-12-11-14-44-49-43(26-66-44)56-50(65)57-49;/h7-8,22-25,43-44,49H,1-2,9-21,26H2,3-6H3,(H8,51,52,53,54,55,56,57,58,59,60,61,62,63,64,65);/q;+2/p-2. The summed E-state index contributed by atoms with van der Waals surface area (Å²) in [6.07, 6.45) is 9.60. The van der Waals surface area contributed by atoms with Crippen LogP contribution in [-0.2, 0) is 42.7 Å². The zero-order valence-electron chi connectivity index (χ0n) is 38.5. The number of carbonyl (C=O) groups is 5. The second-order valence-electron chi connectivity index (χ2n) is 17.3. The van der Waals surface area contributed by atoms with Gasteiger partial charge in [-0.15, -0.1) is 22.1 Å². The number of hydrogen-bond acceptors (Lipinski definition) is 8. The summed E-state index contributed by atoms with van der Waals surface area (Å²) in [6.45, 7) is 16.5. The van der Waals surface area contributed by atoms with Gasteiger partial charge in [0.25, 0.3) is 0 Å². The third-order valence-electron chi connectivity index (χ3n) is 12.9. The average molecular weight is 970 g/mol. The maximum atomic E-state index is 13.2. The Hall–Kier alpha value is -5.90. The molecule has 0 aliphatic carbocycles. The van der Waals surface area contributed by atoms with E-state index in [0.717, 1.165) is 99.3 Å². The fourth-order valence-electron chi connectivity index (χ4n) is 9.06. The maximum Gasteiger partial charge on any atom is 2.00 e. The topological polar surface area (TPSA) is 220 Å². The summed E-state index contributed by atoms with van der Waals surface area (Å²) >= 11 is 1.88. The van der Waals surface area contributed by atoms with E-state index < -0.39 is 5.97 Å². The molecule has 3 atom stereocenters. The van der Waals surface area contributed by atoms with Gasteiger partial charge in [0.05, 0.1) is 34.9 Å².